The van der Waals surface area contributed by atoms with Gasteiger partial charge in [-0.05, 0) is 52.5 Å². The van der Waals surface area contributed by atoms with E-state index < -0.39 is 0 Å². The molecule has 3 nitrogen and oxygen atoms in total. The highest BCUT2D eigenvalue weighted by Crippen LogP contribution is 2.24. The topological polar surface area (TPSA) is 41.1 Å². The van der Waals surface area contributed by atoms with Crippen LogP contribution in [0.3, 0.4) is 0 Å². The molecule has 1 rings (SSSR count). The SMILES string of the molecule is CNCC(C)(C)C(=O)NC1CCC(C)CC1. The van der Waals surface area contributed by atoms with Crippen LogP contribution in [0.5, 0.6) is 0 Å². The van der Waals surface area contributed by atoms with E-state index in [1.807, 2.05) is 20.9 Å². The van der Waals surface area contributed by atoms with Crippen LogP contribution in [-0.4, -0.2) is 25.5 Å². The van der Waals surface area contributed by atoms with Crippen LogP contribution in [0.25, 0.3) is 0 Å². The van der Waals surface area contributed by atoms with Crippen molar-refractivity contribution < 1.29 is 4.79 Å². The molecule has 0 heterocycles. The molecular weight excluding hydrogens is 200 g/mol. The van der Waals surface area contributed by atoms with Crippen molar-refractivity contribution in [1.82, 2.24) is 10.6 Å². The predicted octanol–water partition coefficient (Wildman–Crippen LogP) is 1.93. The summed E-state index contributed by atoms with van der Waals surface area (Å²) in [6.45, 7) is 7.00. The summed E-state index contributed by atoms with van der Waals surface area (Å²) in [5, 5.41) is 6.26. The van der Waals surface area contributed by atoms with Crippen molar-refractivity contribution in [1.29, 1.82) is 0 Å². The van der Waals surface area contributed by atoms with Crippen LogP contribution in [0, 0.1) is 11.3 Å². The molecule has 2 N–H and O–H groups in total. The molecule has 0 bridgehead atoms. The Labute approximate surface area is 99.4 Å². The lowest BCUT2D eigenvalue weighted by Crippen LogP contribution is -2.47. The zero-order chi connectivity index (χ0) is 12.2. The van der Waals surface area contributed by atoms with Gasteiger partial charge in [-0.25, -0.2) is 0 Å². The highest BCUT2D eigenvalue weighted by atomic mass is 16.2. The van der Waals surface area contributed by atoms with Gasteiger partial charge < -0.3 is 10.6 Å². The fourth-order valence-corrected chi connectivity index (χ4v) is 2.31. The first-order valence-electron chi connectivity index (χ1n) is 6.41. The highest BCUT2D eigenvalue weighted by molar-refractivity contribution is 5.82. The molecule has 0 radical (unpaired) electrons. The lowest BCUT2D eigenvalue weighted by molar-refractivity contribution is -0.130. The summed E-state index contributed by atoms with van der Waals surface area (Å²) in [5.41, 5.74) is -0.308. The normalized spacial score (nSPS) is 26.5. The Kier molecular flexibility index (Phi) is 4.78. The Hall–Kier alpha value is -0.570. The summed E-state index contributed by atoms with van der Waals surface area (Å²) < 4.78 is 0. The summed E-state index contributed by atoms with van der Waals surface area (Å²) in [4.78, 5) is 12.1. The Morgan fingerprint density at radius 3 is 2.31 bits per heavy atom. The molecule has 0 saturated heterocycles. The number of carbonyl (C=O) groups is 1. The maximum atomic E-state index is 12.1. The second-order valence-electron chi connectivity index (χ2n) is 5.84. The van der Waals surface area contributed by atoms with Gasteiger partial charge in [0.2, 0.25) is 5.91 Å². The molecule has 0 aliphatic heterocycles. The Morgan fingerprint density at radius 1 is 1.25 bits per heavy atom. The fourth-order valence-electron chi connectivity index (χ4n) is 2.31. The van der Waals surface area contributed by atoms with Crippen molar-refractivity contribution in [2.45, 2.75) is 52.5 Å². The van der Waals surface area contributed by atoms with Gasteiger partial charge in [-0.2, -0.15) is 0 Å². The maximum Gasteiger partial charge on any atom is 0.227 e. The fraction of sp³-hybridized carbons (Fsp3) is 0.923. The third kappa shape index (κ3) is 3.78. The first-order chi connectivity index (χ1) is 7.45. The number of nitrogens with one attached hydrogen (secondary N) is 2. The minimum Gasteiger partial charge on any atom is -0.353 e. The number of amides is 1. The van der Waals surface area contributed by atoms with Crippen molar-refractivity contribution in [3.8, 4) is 0 Å². The lowest BCUT2D eigenvalue weighted by Gasteiger charge is -2.31. The van der Waals surface area contributed by atoms with Gasteiger partial charge >= 0.3 is 0 Å². The van der Waals surface area contributed by atoms with Crippen molar-refractivity contribution in [3.05, 3.63) is 0 Å². The van der Waals surface area contributed by atoms with Crippen LogP contribution in [0.15, 0.2) is 0 Å². The molecule has 1 aliphatic rings. The Morgan fingerprint density at radius 2 is 1.81 bits per heavy atom. The summed E-state index contributed by atoms with van der Waals surface area (Å²) in [6.07, 6.45) is 4.78. The second-order valence-corrected chi connectivity index (χ2v) is 5.84. The Bertz CT molecular complexity index is 230. The highest BCUT2D eigenvalue weighted by Gasteiger charge is 2.29. The molecule has 1 amide bonds. The van der Waals surface area contributed by atoms with Crippen molar-refractivity contribution in [2.75, 3.05) is 13.6 Å². The second kappa shape index (κ2) is 5.67. The molecule has 0 aromatic carbocycles. The van der Waals surface area contributed by atoms with Crippen LogP contribution >= 0.6 is 0 Å². The van der Waals surface area contributed by atoms with E-state index in [1.165, 1.54) is 12.8 Å². The zero-order valence-corrected chi connectivity index (χ0v) is 11.1. The van der Waals surface area contributed by atoms with Crippen molar-refractivity contribution in [2.24, 2.45) is 11.3 Å². The van der Waals surface area contributed by atoms with Crippen LogP contribution in [0.2, 0.25) is 0 Å². The van der Waals surface area contributed by atoms with E-state index in [0.29, 0.717) is 6.04 Å². The molecule has 1 aliphatic carbocycles. The summed E-state index contributed by atoms with van der Waals surface area (Å²) in [6, 6.07) is 0.403. The van der Waals surface area contributed by atoms with E-state index in [9.17, 15) is 4.79 Å². The summed E-state index contributed by atoms with van der Waals surface area (Å²) >= 11 is 0. The first kappa shape index (κ1) is 13.5. The van der Waals surface area contributed by atoms with E-state index in [0.717, 1.165) is 25.3 Å². The van der Waals surface area contributed by atoms with E-state index in [1.54, 1.807) is 0 Å². The molecule has 1 saturated carbocycles. The largest absolute Gasteiger partial charge is 0.353 e. The van der Waals surface area contributed by atoms with Gasteiger partial charge in [-0.3, -0.25) is 4.79 Å². The lowest BCUT2D eigenvalue weighted by atomic mass is 9.86. The Balaban J connectivity index is 2.39. The minimum atomic E-state index is -0.308. The van der Waals surface area contributed by atoms with Crippen LogP contribution in [0.4, 0.5) is 0 Å². The predicted molar refractivity (Wildman–Crippen MR) is 67.3 cm³/mol. The maximum absolute atomic E-state index is 12.1. The number of hydrogen-bond acceptors (Lipinski definition) is 2. The van der Waals surface area contributed by atoms with E-state index in [2.05, 4.69) is 17.6 Å². The van der Waals surface area contributed by atoms with Gasteiger partial charge in [0.05, 0.1) is 5.41 Å². The summed E-state index contributed by atoms with van der Waals surface area (Å²) in [7, 11) is 1.89. The quantitative estimate of drug-likeness (QED) is 0.769. The van der Waals surface area contributed by atoms with Gasteiger partial charge in [0.25, 0.3) is 0 Å². The monoisotopic (exact) mass is 226 g/mol. The van der Waals surface area contributed by atoms with Gasteiger partial charge in [0.1, 0.15) is 0 Å². The molecule has 3 heteroatoms. The molecule has 94 valence electrons. The van der Waals surface area contributed by atoms with Crippen LogP contribution in [-0.2, 0) is 4.79 Å². The van der Waals surface area contributed by atoms with Gasteiger partial charge in [-0.1, -0.05) is 6.92 Å². The third-order valence-corrected chi connectivity index (χ3v) is 3.58. The smallest absolute Gasteiger partial charge is 0.227 e. The number of carbonyl (C=O) groups excluding carboxylic acids is 1. The van der Waals surface area contributed by atoms with E-state index in [-0.39, 0.29) is 11.3 Å². The molecule has 1 fully saturated rings. The molecule has 0 spiro atoms. The number of rotatable bonds is 4. The van der Waals surface area contributed by atoms with Crippen LogP contribution < -0.4 is 10.6 Å². The van der Waals surface area contributed by atoms with Gasteiger partial charge in [0, 0.05) is 12.6 Å². The minimum absolute atomic E-state index is 0.182. The zero-order valence-electron chi connectivity index (χ0n) is 11.1. The number of hydrogen-bond donors (Lipinski definition) is 2. The standard InChI is InChI=1S/C13H26N2O/c1-10-5-7-11(8-6-10)15-12(16)13(2,3)9-14-4/h10-11,14H,5-9H2,1-4H3,(H,15,16). The van der Waals surface area contributed by atoms with E-state index >= 15 is 0 Å². The third-order valence-electron chi connectivity index (χ3n) is 3.58. The molecule has 0 aromatic heterocycles. The van der Waals surface area contributed by atoms with Gasteiger partial charge in [0.15, 0.2) is 0 Å². The molecule has 0 aromatic rings. The van der Waals surface area contributed by atoms with Crippen molar-refractivity contribution in [3.63, 3.8) is 0 Å². The van der Waals surface area contributed by atoms with Crippen LogP contribution in [0.1, 0.15) is 46.5 Å². The average molecular weight is 226 g/mol. The molecule has 0 unspecified atom stereocenters. The molecule has 0 atom stereocenters. The molecule has 16 heavy (non-hydrogen) atoms. The summed E-state index contributed by atoms with van der Waals surface area (Å²) in [5.74, 6) is 1.01. The van der Waals surface area contributed by atoms with E-state index in [4.69, 9.17) is 0 Å². The average Bonchev–Trinajstić information content (AvgIpc) is 2.21. The van der Waals surface area contributed by atoms with Gasteiger partial charge in [-0.15, -0.1) is 0 Å². The first-order valence-corrected chi connectivity index (χ1v) is 6.41. The van der Waals surface area contributed by atoms with Crippen molar-refractivity contribution >= 4 is 5.91 Å². The molecular formula is C13H26N2O.